The molecule has 2 rings (SSSR count). The number of rotatable bonds is 3. The van der Waals surface area contributed by atoms with Crippen molar-refractivity contribution in [2.24, 2.45) is 5.73 Å². The van der Waals surface area contributed by atoms with Gasteiger partial charge in [0.2, 0.25) is 0 Å². The average molecular weight is 269 g/mol. The second-order valence-corrected chi connectivity index (χ2v) is 5.39. The summed E-state index contributed by atoms with van der Waals surface area (Å²) < 4.78 is 5.76. The SMILES string of the molecule is C[C@@H]1CN(C(CN)c2ccccc2Cl)C[C@H](C)O1. The Kier molecular flexibility index (Phi) is 4.62. The lowest BCUT2D eigenvalue weighted by molar-refractivity contribution is -0.0799. The van der Waals surface area contributed by atoms with Crippen molar-refractivity contribution >= 4 is 11.6 Å². The molecular weight excluding hydrogens is 248 g/mol. The Hall–Kier alpha value is -0.610. The molecule has 1 aromatic carbocycles. The van der Waals surface area contributed by atoms with Crippen LogP contribution in [-0.2, 0) is 4.74 Å². The molecule has 1 aliphatic heterocycles. The van der Waals surface area contributed by atoms with Crippen LogP contribution in [0.25, 0.3) is 0 Å². The second-order valence-electron chi connectivity index (χ2n) is 4.98. The number of ether oxygens (including phenoxy) is 1. The Bertz CT molecular complexity index is 389. The molecule has 3 atom stereocenters. The Balaban J connectivity index is 2.20. The molecule has 0 spiro atoms. The highest BCUT2D eigenvalue weighted by Crippen LogP contribution is 2.29. The predicted octanol–water partition coefficient (Wildman–Crippen LogP) is 2.45. The summed E-state index contributed by atoms with van der Waals surface area (Å²) in [6, 6.07) is 8.12. The van der Waals surface area contributed by atoms with Crippen LogP contribution in [0.2, 0.25) is 5.02 Å². The molecule has 0 aromatic heterocycles. The second kappa shape index (κ2) is 6.02. The summed E-state index contributed by atoms with van der Waals surface area (Å²) in [4.78, 5) is 2.38. The summed E-state index contributed by atoms with van der Waals surface area (Å²) in [5.41, 5.74) is 7.07. The van der Waals surface area contributed by atoms with Gasteiger partial charge < -0.3 is 10.5 Å². The van der Waals surface area contributed by atoms with E-state index in [9.17, 15) is 0 Å². The molecule has 1 heterocycles. The summed E-state index contributed by atoms with van der Waals surface area (Å²) in [6.07, 6.45) is 0.482. The van der Waals surface area contributed by atoms with Crippen molar-refractivity contribution in [1.82, 2.24) is 4.90 Å². The van der Waals surface area contributed by atoms with Gasteiger partial charge in [-0.1, -0.05) is 29.8 Å². The molecule has 1 unspecified atom stereocenters. The van der Waals surface area contributed by atoms with Crippen molar-refractivity contribution in [3.63, 3.8) is 0 Å². The molecule has 3 nitrogen and oxygen atoms in total. The zero-order chi connectivity index (χ0) is 13.1. The number of benzene rings is 1. The number of morpholine rings is 1. The highest BCUT2D eigenvalue weighted by molar-refractivity contribution is 6.31. The van der Waals surface area contributed by atoms with Crippen molar-refractivity contribution in [3.05, 3.63) is 34.9 Å². The Morgan fingerprint density at radius 1 is 1.33 bits per heavy atom. The van der Waals surface area contributed by atoms with Gasteiger partial charge in [0.1, 0.15) is 0 Å². The molecule has 1 aromatic rings. The summed E-state index contributed by atoms with van der Waals surface area (Å²) in [5, 5.41) is 0.791. The Labute approximate surface area is 114 Å². The summed E-state index contributed by atoms with van der Waals surface area (Å²) in [5.74, 6) is 0. The lowest BCUT2D eigenvalue weighted by Gasteiger charge is -2.40. The van der Waals surface area contributed by atoms with Crippen LogP contribution in [0.1, 0.15) is 25.5 Å². The van der Waals surface area contributed by atoms with E-state index in [0.717, 1.165) is 23.7 Å². The molecule has 1 fully saturated rings. The minimum absolute atomic E-state index is 0.174. The van der Waals surface area contributed by atoms with Crippen molar-refractivity contribution < 1.29 is 4.74 Å². The van der Waals surface area contributed by atoms with Crippen molar-refractivity contribution in [1.29, 1.82) is 0 Å². The monoisotopic (exact) mass is 268 g/mol. The van der Waals surface area contributed by atoms with Gasteiger partial charge in [0.25, 0.3) is 0 Å². The number of hydrogen-bond acceptors (Lipinski definition) is 3. The fourth-order valence-electron chi connectivity index (χ4n) is 2.69. The quantitative estimate of drug-likeness (QED) is 0.915. The van der Waals surface area contributed by atoms with E-state index in [4.69, 9.17) is 22.1 Å². The van der Waals surface area contributed by atoms with E-state index < -0.39 is 0 Å². The number of nitrogens with two attached hydrogens (primary N) is 1. The third kappa shape index (κ3) is 3.04. The Morgan fingerprint density at radius 3 is 2.50 bits per heavy atom. The van der Waals surface area contributed by atoms with Crippen LogP contribution < -0.4 is 5.73 Å². The van der Waals surface area contributed by atoms with Crippen LogP contribution in [0.5, 0.6) is 0 Å². The fourth-order valence-corrected chi connectivity index (χ4v) is 2.95. The smallest absolute Gasteiger partial charge is 0.0678 e. The molecule has 1 aliphatic rings. The molecule has 100 valence electrons. The summed E-state index contributed by atoms with van der Waals surface area (Å²) in [7, 11) is 0. The molecule has 0 saturated carbocycles. The lowest BCUT2D eigenvalue weighted by atomic mass is 10.0. The van der Waals surface area contributed by atoms with E-state index >= 15 is 0 Å². The van der Waals surface area contributed by atoms with E-state index in [2.05, 4.69) is 24.8 Å². The van der Waals surface area contributed by atoms with Gasteiger partial charge in [0.05, 0.1) is 12.2 Å². The molecule has 0 radical (unpaired) electrons. The van der Waals surface area contributed by atoms with Crippen LogP contribution in [-0.4, -0.2) is 36.7 Å². The first-order valence-corrected chi connectivity index (χ1v) is 6.83. The average Bonchev–Trinajstić information content (AvgIpc) is 2.31. The molecule has 0 bridgehead atoms. The van der Waals surface area contributed by atoms with Gasteiger partial charge in [-0.2, -0.15) is 0 Å². The lowest BCUT2D eigenvalue weighted by Crippen LogP contribution is -2.48. The molecule has 2 N–H and O–H groups in total. The molecular formula is C14H21ClN2O. The number of halogens is 1. The number of nitrogens with zero attached hydrogens (tertiary/aromatic N) is 1. The van der Waals surface area contributed by atoms with Crippen LogP contribution >= 0.6 is 11.6 Å². The first kappa shape index (κ1) is 13.8. The highest BCUT2D eigenvalue weighted by Gasteiger charge is 2.28. The predicted molar refractivity (Wildman–Crippen MR) is 74.8 cm³/mol. The first-order valence-electron chi connectivity index (χ1n) is 6.45. The molecule has 0 amide bonds. The standard InChI is InChI=1S/C14H21ClN2O/c1-10-8-17(9-11(2)18-10)14(7-16)12-5-3-4-6-13(12)15/h3-6,10-11,14H,7-9,16H2,1-2H3/t10-,11+,14?. The number of hydrogen-bond donors (Lipinski definition) is 1. The Morgan fingerprint density at radius 2 is 1.94 bits per heavy atom. The first-order chi connectivity index (χ1) is 8.61. The van der Waals surface area contributed by atoms with Crippen molar-refractivity contribution in [2.45, 2.75) is 32.1 Å². The summed E-state index contributed by atoms with van der Waals surface area (Å²) >= 11 is 6.28. The topological polar surface area (TPSA) is 38.5 Å². The van der Waals surface area contributed by atoms with Gasteiger partial charge in [-0.25, -0.2) is 0 Å². The van der Waals surface area contributed by atoms with Crippen LogP contribution in [0.4, 0.5) is 0 Å². The normalized spacial score (nSPS) is 27.1. The van der Waals surface area contributed by atoms with Crippen molar-refractivity contribution in [2.75, 3.05) is 19.6 Å². The van der Waals surface area contributed by atoms with Gasteiger partial charge in [0.15, 0.2) is 0 Å². The van der Waals surface area contributed by atoms with Crippen LogP contribution in [0.3, 0.4) is 0 Å². The minimum Gasteiger partial charge on any atom is -0.373 e. The van der Waals surface area contributed by atoms with E-state index in [1.165, 1.54) is 0 Å². The van der Waals surface area contributed by atoms with E-state index in [1.54, 1.807) is 0 Å². The maximum Gasteiger partial charge on any atom is 0.0678 e. The minimum atomic E-state index is 0.174. The van der Waals surface area contributed by atoms with Crippen LogP contribution in [0.15, 0.2) is 24.3 Å². The third-order valence-corrected chi connectivity index (χ3v) is 3.72. The molecule has 18 heavy (non-hydrogen) atoms. The fraction of sp³-hybridized carbons (Fsp3) is 0.571. The molecule has 0 aliphatic carbocycles. The molecule has 1 saturated heterocycles. The molecule has 4 heteroatoms. The zero-order valence-corrected chi connectivity index (χ0v) is 11.7. The van der Waals surface area contributed by atoms with E-state index in [-0.39, 0.29) is 18.2 Å². The van der Waals surface area contributed by atoms with Gasteiger partial charge in [0, 0.05) is 30.7 Å². The third-order valence-electron chi connectivity index (χ3n) is 3.38. The van der Waals surface area contributed by atoms with Gasteiger partial charge in [-0.3, -0.25) is 4.90 Å². The van der Waals surface area contributed by atoms with Gasteiger partial charge >= 0.3 is 0 Å². The van der Waals surface area contributed by atoms with Crippen LogP contribution in [0, 0.1) is 0 Å². The van der Waals surface area contributed by atoms with Crippen molar-refractivity contribution in [3.8, 4) is 0 Å². The van der Waals surface area contributed by atoms with Gasteiger partial charge in [-0.05, 0) is 25.5 Å². The van der Waals surface area contributed by atoms with Gasteiger partial charge in [-0.15, -0.1) is 0 Å². The maximum atomic E-state index is 6.28. The largest absolute Gasteiger partial charge is 0.373 e. The van der Waals surface area contributed by atoms with E-state index in [0.29, 0.717) is 6.54 Å². The van der Waals surface area contributed by atoms with E-state index in [1.807, 2.05) is 18.2 Å². The zero-order valence-electron chi connectivity index (χ0n) is 11.0. The highest BCUT2D eigenvalue weighted by atomic mass is 35.5. The summed E-state index contributed by atoms with van der Waals surface area (Å²) in [6.45, 7) is 6.57. The maximum absolute atomic E-state index is 6.28.